The van der Waals surface area contributed by atoms with Crippen molar-refractivity contribution >= 4 is 28.8 Å². The van der Waals surface area contributed by atoms with Crippen LogP contribution in [0.15, 0.2) is 16.8 Å². The summed E-state index contributed by atoms with van der Waals surface area (Å²) < 4.78 is 5.83. The minimum absolute atomic E-state index is 0.0541. The summed E-state index contributed by atoms with van der Waals surface area (Å²) >= 11 is 1.59. The average molecular weight is 294 g/mol. The van der Waals surface area contributed by atoms with Gasteiger partial charge in [-0.05, 0) is 17.9 Å². The number of rotatable bonds is 1. The van der Waals surface area contributed by atoms with Crippen LogP contribution in [0.25, 0.3) is 0 Å². The van der Waals surface area contributed by atoms with Crippen LogP contribution in [0.3, 0.4) is 0 Å². The summed E-state index contributed by atoms with van der Waals surface area (Å²) in [5.74, 6) is 0.0561. The van der Waals surface area contributed by atoms with E-state index in [1.807, 2.05) is 21.7 Å². The van der Waals surface area contributed by atoms with Gasteiger partial charge in [-0.2, -0.15) is 11.3 Å². The van der Waals surface area contributed by atoms with Crippen molar-refractivity contribution in [3.8, 4) is 0 Å². The lowest BCUT2D eigenvalue weighted by Crippen LogP contribution is -2.50. The molecule has 0 aliphatic carbocycles. The number of nitrogens with zero attached hydrogens (tertiary/aromatic N) is 2. The van der Waals surface area contributed by atoms with Crippen LogP contribution in [0.5, 0.6) is 0 Å². The molecule has 0 saturated carbocycles. The maximum Gasteiger partial charge on any atom is 0.232 e. The van der Waals surface area contributed by atoms with E-state index in [4.69, 9.17) is 4.74 Å². The predicted octanol–water partition coefficient (Wildman–Crippen LogP) is 1.35. The van der Waals surface area contributed by atoms with Gasteiger partial charge in [0.05, 0.1) is 24.3 Å². The molecule has 5 nitrogen and oxygen atoms in total. The number of carbonyl (C=O) groups excluding carboxylic acids is 2. The lowest BCUT2D eigenvalue weighted by molar-refractivity contribution is -0.139. The normalized spacial score (nSPS) is 27.1. The van der Waals surface area contributed by atoms with Crippen molar-refractivity contribution in [1.82, 2.24) is 4.90 Å². The molecule has 3 rings (SSSR count). The van der Waals surface area contributed by atoms with E-state index in [-0.39, 0.29) is 23.8 Å². The SMILES string of the molecule is CC(=O)N1CC[C@@H]2C(=O)N(c3ccsc3)CCO[C@@H]2C1. The second-order valence-electron chi connectivity index (χ2n) is 5.24. The molecule has 2 amide bonds. The van der Waals surface area contributed by atoms with Gasteiger partial charge in [-0.25, -0.2) is 0 Å². The van der Waals surface area contributed by atoms with E-state index < -0.39 is 0 Å². The maximum atomic E-state index is 12.7. The molecule has 2 aliphatic rings. The molecule has 0 radical (unpaired) electrons. The lowest BCUT2D eigenvalue weighted by atomic mass is 9.92. The molecular formula is C14H18N2O3S. The second-order valence-corrected chi connectivity index (χ2v) is 6.02. The van der Waals surface area contributed by atoms with Gasteiger partial charge in [0.2, 0.25) is 11.8 Å². The molecule has 0 spiro atoms. The molecule has 2 saturated heterocycles. The molecule has 3 heterocycles. The van der Waals surface area contributed by atoms with Gasteiger partial charge in [0.25, 0.3) is 0 Å². The Balaban J connectivity index is 1.78. The number of hydrogen-bond donors (Lipinski definition) is 0. The molecule has 0 aromatic carbocycles. The number of likely N-dealkylation sites (tertiary alicyclic amines) is 1. The van der Waals surface area contributed by atoms with E-state index in [0.717, 1.165) is 5.69 Å². The Kier molecular flexibility index (Phi) is 3.76. The molecular weight excluding hydrogens is 276 g/mol. The zero-order valence-corrected chi connectivity index (χ0v) is 12.3. The van der Waals surface area contributed by atoms with E-state index >= 15 is 0 Å². The number of ether oxygens (including phenoxy) is 1. The third kappa shape index (κ3) is 2.45. The van der Waals surface area contributed by atoms with Crippen molar-refractivity contribution in [2.24, 2.45) is 5.92 Å². The van der Waals surface area contributed by atoms with Crippen LogP contribution in [0.1, 0.15) is 13.3 Å². The fourth-order valence-corrected chi connectivity index (χ4v) is 3.57. The number of amides is 2. The van der Waals surface area contributed by atoms with Crippen molar-refractivity contribution in [2.45, 2.75) is 19.4 Å². The summed E-state index contributed by atoms with van der Waals surface area (Å²) in [4.78, 5) is 27.8. The molecule has 20 heavy (non-hydrogen) atoms. The molecule has 1 aromatic heterocycles. The highest BCUT2D eigenvalue weighted by molar-refractivity contribution is 7.08. The first kappa shape index (κ1) is 13.6. The zero-order valence-electron chi connectivity index (χ0n) is 11.4. The van der Waals surface area contributed by atoms with Gasteiger partial charge in [-0.15, -0.1) is 0 Å². The summed E-state index contributed by atoms with van der Waals surface area (Å²) in [5, 5.41) is 3.97. The van der Waals surface area contributed by atoms with E-state index in [1.165, 1.54) is 0 Å². The number of anilines is 1. The summed E-state index contributed by atoms with van der Waals surface area (Å²) in [5.41, 5.74) is 0.957. The summed E-state index contributed by atoms with van der Waals surface area (Å²) in [6, 6.07) is 1.97. The van der Waals surface area contributed by atoms with Gasteiger partial charge in [0, 0.05) is 31.9 Å². The van der Waals surface area contributed by atoms with Crippen LogP contribution < -0.4 is 4.90 Å². The van der Waals surface area contributed by atoms with Crippen molar-refractivity contribution < 1.29 is 14.3 Å². The Morgan fingerprint density at radius 3 is 3.00 bits per heavy atom. The van der Waals surface area contributed by atoms with Gasteiger partial charge < -0.3 is 14.5 Å². The Hall–Kier alpha value is -1.40. The number of fused-ring (bicyclic) bond motifs is 1. The highest BCUT2D eigenvalue weighted by atomic mass is 32.1. The first-order valence-electron chi connectivity index (χ1n) is 6.87. The van der Waals surface area contributed by atoms with Gasteiger partial charge in [-0.3, -0.25) is 9.59 Å². The average Bonchev–Trinajstić information content (AvgIpc) is 2.91. The molecule has 2 fully saturated rings. The van der Waals surface area contributed by atoms with Crippen molar-refractivity contribution in [1.29, 1.82) is 0 Å². The number of thiophene rings is 1. The van der Waals surface area contributed by atoms with Crippen LogP contribution in [0.2, 0.25) is 0 Å². The first-order chi connectivity index (χ1) is 9.66. The maximum absolute atomic E-state index is 12.7. The number of piperidine rings is 1. The minimum atomic E-state index is -0.163. The molecule has 0 N–H and O–H groups in total. The van der Waals surface area contributed by atoms with E-state index in [0.29, 0.717) is 32.7 Å². The summed E-state index contributed by atoms with van der Waals surface area (Å²) in [6.07, 6.45) is 0.521. The third-order valence-corrected chi connectivity index (χ3v) is 4.72. The monoisotopic (exact) mass is 294 g/mol. The van der Waals surface area contributed by atoms with Crippen molar-refractivity contribution in [3.63, 3.8) is 0 Å². The van der Waals surface area contributed by atoms with E-state index in [1.54, 1.807) is 23.2 Å². The Morgan fingerprint density at radius 1 is 1.45 bits per heavy atom. The lowest BCUT2D eigenvalue weighted by Gasteiger charge is -2.36. The van der Waals surface area contributed by atoms with E-state index in [2.05, 4.69) is 0 Å². The molecule has 2 atom stereocenters. The van der Waals surface area contributed by atoms with E-state index in [9.17, 15) is 9.59 Å². The largest absolute Gasteiger partial charge is 0.374 e. The van der Waals surface area contributed by atoms with Crippen LogP contribution in [0, 0.1) is 5.92 Å². The molecule has 2 aliphatic heterocycles. The first-order valence-corrected chi connectivity index (χ1v) is 7.82. The third-order valence-electron chi connectivity index (χ3n) is 4.05. The summed E-state index contributed by atoms with van der Waals surface area (Å²) in [7, 11) is 0. The fourth-order valence-electron chi connectivity index (χ4n) is 2.93. The predicted molar refractivity (Wildman–Crippen MR) is 76.8 cm³/mol. The Bertz CT molecular complexity index is 503. The standard InChI is InChI=1S/C14H18N2O3S/c1-10(17)15-4-2-12-13(8-15)19-6-5-16(14(12)18)11-3-7-20-9-11/h3,7,9,12-13H,2,4-6,8H2,1H3/t12-,13+/m0/s1. The van der Waals surface area contributed by atoms with Gasteiger partial charge in [0.15, 0.2) is 0 Å². The second kappa shape index (κ2) is 5.54. The Morgan fingerprint density at radius 2 is 2.30 bits per heavy atom. The van der Waals surface area contributed by atoms with Gasteiger partial charge in [-0.1, -0.05) is 0 Å². The summed E-state index contributed by atoms with van der Waals surface area (Å²) in [6.45, 7) is 3.85. The molecule has 0 unspecified atom stereocenters. The van der Waals surface area contributed by atoms with Crippen LogP contribution in [-0.4, -0.2) is 49.1 Å². The molecule has 6 heteroatoms. The minimum Gasteiger partial charge on any atom is -0.374 e. The molecule has 0 bridgehead atoms. The van der Waals surface area contributed by atoms with Gasteiger partial charge >= 0.3 is 0 Å². The zero-order chi connectivity index (χ0) is 14.1. The number of hydrogen-bond acceptors (Lipinski definition) is 4. The van der Waals surface area contributed by atoms with Crippen LogP contribution in [0.4, 0.5) is 5.69 Å². The van der Waals surface area contributed by atoms with Crippen molar-refractivity contribution in [3.05, 3.63) is 16.8 Å². The topological polar surface area (TPSA) is 49.9 Å². The van der Waals surface area contributed by atoms with Crippen molar-refractivity contribution in [2.75, 3.05) is 31.1 Å². The Labute approximate surface area is 122 Å². The van der Waals surface area contributed by atoms with Crippen LogP contribution >= 0.6 is 11.3 Å². The quantitative estimate of drug-likeness (QED) is 0.785. The molecule has 1 aromatic rings. The molecule has 108 valence electrons. The van der Waals surface area contributed by atoms with Gasteiger partial charge in [0.1, 0.15) is 0 Å². The highest BCUT2D eigenvalue weighted by Crippen LogP contribution is 2.29. The highest BCUT2D eigenvalue weighted by Gasteiger charge is 2.40. The number of carbonyl (C=O) groups is 2. The smallest absolute Gasteiger partial charge is 0.232 e. The fraction of sp³-hybridized carbons (Fsp3) is 0.571. The van der Waals surface area contributed by atoms with Crippen LogP contribution in [-0.2, 0) is 14.3 Å².